The van der Waals surface area contributed by atoms with Gasteiger partial charge in [0, 0.05) is 6.42 Å². The van der Waals surface area contributed by atoms with Crippen LogP contribution in [0.5, 0.6) is 0 Å². The van der Waals surface area contributed by atoms with E-state index in [4.69, 9.17) is 0 Å². The molecule has 2 nitrogen and oxygen atoms in total. The van der Waals surface area contributed by atoms with E-state index in [2.05, 4.69) is 25.7 Å². The molecule has 9 atom stereocenters. The van der Waals surface area contributed by atoms with Crippen LogP contribution in [-0.4, -0.2) is 22.4 Å². The van der Waals surface area contributed by atoms with E-state index in [1.807, 2.05) is 6.92 Å². The van der Waals surface area contributed by atoms with Gasteiger partial charge in [-0.3, -0.25) is 0 Å². The van der Waals surface area contributed by atoms with Crippen LogP contribution in [0.3, 0.4) is 0 Å². The van der Waals surface area contributed by atoms with Gasteiger partial charge in [0.2, 0.25) is 0 Å². The lowest BCUT2D eigenvalue weighted by Gasteiger charge is -2.61. The first-order chi connectivity index (χ1) is 12.9. The second-order valence-electron chi connectivity index (χ2n) is 10.9. The first-order valence-electron chi connectivity index (χ1n) is 11.6. The van der Waals surface area contributed by atoms with Crippen LogP contribution in [0.1, 0.15) is 91.4 Å². The van der Waals surface area contributed by atoms with E-state index in [0.29, 0.717) is 23.2 Å². The molecule has 0 aliphatic heterocycles. The van der Waals surface area contributed by atoms with E-state index in [1.165, 1.54) is 44.9 Å². The molecule has 152 valence electrons. The van der Waals surface area contributed by atoms with Crippen LogP contribution >= 0.6 is 0 Å². The molecule has 0 radical (unpaired) electrons. The largest absolute Gasteiger partial charge is 0.393 e. The van der Waals surface area contributed by atoms with Crippen molar-refractivity contribution in [2.24, 2.45) is 40.4 Å². The molecule has 4 saturated carbocycles. The Labute approximate surface area is 166 Å². The molecular formula is C25H40O2. The minimum Gasteiger partial charge on any atom is -0.393 e. The van der Waals surface area contributed by atoms with Crippen LogP contribution < -0.4 is 0 Å². The van der Waals surface area contributed by atoms with Crippen LogP contribution in [-0.2, 0) is 0 Å². The number of hydrogen-bond donors (Lipinski definition) is 2. The van der Waals surface area contributed by atoms with Crippen LogP contribution in [0.15, 0.2) is 0 Å². The number of aliphatic hydroxyl groups excluding tert-OH is 2. The first kappa shape index (κ1) is 19.8. The van der Waals surface area contributed by atoms with Crippen molar-refractivity contribution in [1.82, 2.24) is 0 Å². The zero-order valence-electron chi connectivity index (χ0n) is 17.7. The Balaban J connectivity index is 1.49. The minimum atomic E-state index is -0.246. The molecule has 4 aliphatic rings. The Morgan fingerprint density at radius 2 is 1.70 bits per heavy atom. The average Bonchev–Trinajstić information content (AvgIpc) is 2.97. The summed E-state index contributed by atoms with van der Waals surface area (Å²) in [5.41, 5.74) is 0.900. The van der Waals surface area contributed by atoms with Crippen LogP contribution in [0.2, 0.25) is 0 Å². The third-order valence-corrected chi connectivity index (χ3v) is 9.91. The van der Waals surface area contributed by atoms with Gasteiger partial charge in [-0.05, 0) is 112 Å². The Kier molecular flexibility index (Phi) is 5.41. The highest BCUT2D eigenvalue weighted by Gasteiger charge is 2.60. The highest BCUT2D eigenvalue weighted by molar-refractivity contribution is 5.09. The van der Waals surface area contributed by atoms with E-state index in [9.17, 15) is 10.2 Å². The van der Waals surface area contributed by atoms with E-state index in [-0.39, 0.29) is 12.2 Å². The lowest BCUT2D eigenvalue weighted by molar-refractivity contribution is -0.128. The predicted molar refractivity (Wildman–Crippen MR) is 110 cm³/mol. The maximum atomic E-state index is 10.5. The van der Waals surface area contributed by atoms with E-state index in [1.54, 1.807) is 0 Å². The van der Waals surface area contributed by atoms with E-state index >= 15 is 0 Å². The van der Waals surface area contributed by atoms with Gasteiger partial charge in [0.1, 0.15) is 0 Å². The van der Waals surface area contributed by atoms with Crippen molar-refractivity contribution in [3.8, 4) is 11.8 Å². The molecule has 0 heterocycles. The summed E-state index contributed by atoms with van der Waals surface area (Å²) in [6, 6.07) is 0. The number of hydrogen-bond acceptors (Lipinski definition) is 2. The summed E-state index contributed by atoms with van der Waals surface area (Å²) < 4.78 is 0. The molecule has 0 aromatic heterocycles. The van der Waals surface area contributed by atoms with Crippen molar-refractivity contribution in [3.63, 3.8) is 0 Å². The summed E-state index contributed by atoms with van der Waals surface area (Å²) in [6.45, 7) is 6.99. The minimum absolute atomic E-state index is 0.0444. The van der Waals surface area contributed by atoms with Gasteiger partial charge >= 0.3 is 0 Å². The molecule has 0 aromatic carbocycles. The lowest BCUT2D eigenvalue weighted by Crippen LogP contribution is -2.54. The summed E-state index contributed by atoms with van der Waals surface area (Å²) in [5, 5.41) is 20.7. The second-order valence-corrected chi connectivity index (χ2v) is 10.9. The molecular weight excluding hydrogens is 332 g/mol. The molecule has 4 rings (SSSR count). The molecule has 0 amide bonds. The number of aliphatic hydroxyl groups is 2. The van der Waals surface area contributed by atoms with E-state index < -0.39 is 0 Å². The third-order valence-electron chi connectivity index (χ3n) is 9.91. The van der Waals surface area contributed by atoms with Gasteiger partial charge in [0.15, 0.2) is 0 Å². The fourth-order valence-electron chi connectivity index (χ4n) is 8.36. The van der Waals surface area contributed by atoms with Gasteiger partial charge in [0.05, 0.1) is 12.2 Å². The third kappa shape index (κ3) is 3.28. The Bertz CT molecular complexity index is 603. The highest BCUT2D eigenvalue weighted by atomic mass is 16.3. The molecule has 4 fully saturated rings. The SMILES string of the molecule is CC#CCC(O)CC1CCC2C3CCC4CC(O)CCC4(C)C3CCC12C. The normalized spacial score (nSPS) is 50.0. The molecule has 4 aliphatic carbocycles. The van der Waals surface area contributed by atoms with Gasteiger partial charge in [-0.15, -0.1) is 11.8 Å². The maximum Gasteiger partial charge on any atom is 0.0652 e. The highest BCUT2D eigenvalue weighted by Crippen LogP contribution is 2.67. The molecule has 2 N–H and O–H groups in total. The molecule has 0 aromatic rings. The Morgan fingerprint density at radius 3 is 2.48 bits per heavy atom. The predicted octanol–water partition coefficient (Wildman–Crippen LogP) is 5.17. The second kappa shape index (κ2) is 7.38. The monoisotopic (exact) mass is 372 g/mol. The zero-order chi connectivity index (χ0) is 19.2. The summed E-state index contributed by atoms with van der Waals surface area (Å²) >= 11 is 0. The van der Waals surface area contributed by atoms with Gasteiger partial charge in [-0.1, -0.05) is 13.8 Å². The van der Waals surface area contributed by atoms with Gasteiger partial charge in [0.25, 0.3) is 0 Å². The summed E-state index contributed by atoms with van der Waals surface area (Å²) in [5.74, 6) is 10.0. The quantitative estimate of drug-likeness (QED) is 0.671. The van der Waals surface area contributed by atoms with Crippen molar-refractivity contribution >= 4 is 0 Å². The molecule has 2 heteroatoms. The van der Waals surface area contributed by atoms with Crippen molar-refractivity contribution in [2.45, 2.75) is 104 Å². The van der Waals surface area contributed by atoms with Gasteiger partial charge in [-0.2, -0.15) is 0 Å². The van der Waals surface area contributed by atoms with Crippen molar-refractivity contribution in [1.29, 1.82) is 0 Å². The smallest absolute Gasteiger partial charge is 0.0652 e. The standard InChI is InChI=1S/C25H40O2/c1-4-5-6-19(26)15-18-8-10-22-21-9-7-17-16-20(27)11-13-24(17,2)23(21)12-14-25(18,22)3/h17-23,26-27H,6-16H2,1-3H3. The van der Waals surface area contributed by atoms with Gasteiger partial charge in [-0.25, -0.2) is 0 Å². The van der Waals surface area contributed by atoms with Crippen LogP contribution in [0.25, 0.3) is 0 Å². The molecule has 0 bridgehead atoms. The number of fused-ring (bicyclic) bond motifs is 5. The summed E-state index contributed by atoms with van der Waals surface area (Å²) in [7, 11) is 0. The van der Waals surface area contributed by atoms with Gasteiger partial charge < -0.3 is 10.2 Å². The first-order valence-corrected chi connectivity index (χ1v) is 11.6. The summed E-state index contributed by atoms with van der Waals surface area (Å²) in [6.07, 6.45) is 12.7. The topological polar surface area (TPSA) is 40.5 Å². The number of rotatable bonds is 3. The Morgan fingerprint density at radius 1 is 0.963 bits per heavy atom. The molecule has 27 heavy (non-hydrogen) atoms. The van der Waals surface area contributed by atoms with Crippen molar-refractivity contribution in [3.05, 3.63) is 0 Å². The zero-order valence-corrected chi connectivity index (χ0v) is 17.7. The maximum absolute atomic E-state index is 10.5. The molecule has 0 spiro atoms. The van der Waals surface area contributed by atoms with Crippen LogP contribution in [0, 0.1) is 52.3 Å². The fourth-order valence-corrected chi connectivity index (χ4v) is 8.36. The van der Waals surface area contributed by atoms with Crippen molar-refractivity contribution in [2.75, 3.05) is 0 Å². The molecule has 0 saturated heterocycles. The summed E-state index contributed by atoms with van der Waals surface area (Å²) in [4.78, 5) is 0. The Hall–Kier alpha value is -0.520. The fraction of sp³-hybridized carbons (Fsp3) is 0.920. The lowest BCUT2D eigenvalue weighted by atomic mass is 9.44. The van der Waals surface area contributed by atoms with Crippen LogP contribution in [0.4, 0.5) is 0 Å². The van der Waals surface area contributed by atoms with Crippen molar-refractivity contribution < 1.29 is 10.2 Å². The van der Waals surface area contributed by atoms with E-state index in [0.717, 1.165) is 42.9 Å². The molecule has 9 unspecified atom stereocenters. The average molecular weight is 373 g/mol.